The van der Waals surface area contributed by atoms with Crippen molar-refractivity contribution in [1.29, 1.82) is 0 Å². The number of esters is 1. The molecule has 0 N–H and O–H groups in total. The number of carbonyl (C=O) groups is 1. The van der Waals surface area contributed by atoms with Gasteiger partial charge in [0.05, 0.1) is 6.61 Å². The summed E-state index contributed by atoms with van der Waals surface area (Å²) >= 11 is 5.92. The summed E-state index contributed by atoms with van der Waals surface area (Å²) in [5.41, 5.74) is 0.949. The van der Waals surface area contributed by atoms with Crippen LogP contribution in [0.15, 0.2) is 18.2 Å². The molecule has 1 aromatic carbocycles. The van der Waals surface area contributed by atoms with Crippen LogP contribution in [-0.4, -0.2) is 18.7 Å². The second-order valence-corrected chi connectivity index (χ2v) is 4.49. The summed E-state index contributed by atoms with van der Waals surface area (Å²) in [6.07, 6.45) is 0.917. The fraction of sp³-hybridized carbons (Fsp3) is 0.500. The summed E-state index contributed by atoms with van der Waals surface area (Å²) in [5, 5.41) is 0.592. The monoisotopic (exact) mass is 270 g/mol. The molecule has 0 aromatic heterocycles. The predicted octanol–water partition coefficient (Wildman–Crippen LogP) is 3.76. The number of rotatable bonds is 6. The molecule has 1 unspecified atom stereocenters. The van der Waals surface area contributed by atoms with Crippen LogP contribution in [0.5, 0.6) is 5.75 Å². The zero-order chi connectivity index (χ0) is 13.5. The average molecular weight is 271 g/mol. The number of benzene rings is 1. The Kier molecular flexibility index (Phi) is 5.99. The molecule has 0 aliphatic carbocycles. The van der Waals surface area contributed by atoms with Gasteiger partial charge in [-0.3, -0.25) is 0 Å². The lowest BCUT2D eigenvalue weighted by Crippen LogP contribution is -2.29. The lowest BCUT2D eigenvalue weighted by molar-refractivity contribution is -0.151. The Morgan fingerprint density at radius 2 is 2.11 bits per heavy atom. The van der Waals surface area contributed by atoms with Gasteiger partial charge in [-0.2, -0.15) is 0 Å². The fourth-order valence-electron chi connectivity index (χ4n) is 1.58. The van der Waals surface area contributed by atoms with Crippen LogP contribution < -0.4 is 4.74 Å². The van der Waals surface area contributed by atoms with Gasteiger partial charge in [0.15, 0.2) is 6.10 Å². The predicted molar refractivity (Wildman–Crippen MR) is 72.1 cm³/mol. The highest BCUT2D eigenvalue weighted by atomic mass is 35.5. The van der Waals surface area contributed by atoms with Gasteiger partial charge < -0.3 is 9.47 Å². The number of halogens is 1. The van der Waals surface area contributed by atoms with Gasteiger partial charge in [-0.25, -0.2) is 4.79 Å². The van der Waals surface area contributed by atoms with E-state index in [-0.39, 0.29) is 5.97 Å². The van der Waals surface area contributed by atoms with Crippen molar-refractivity contribution in [2.45, 2.75) is 39.7 Å². The molecule has 100 valence electrons. The number of hydrogen-bond acceptors (Lipinski definition) is 3. The molecule has 0 fully saturated rings. The average Bonchev–Trinajstić information content (AvgIpc) is 2.33. The summed E-state index contributed by atoms with van der Waals surface area (Å²) in [5.74, 6) is 0.313. The molecule has 4 heteroatoms. The smallest absolute Gasteiger partial charge is 0.347 e. The zero-order valence-corrected chi connectivity index (χ0v) is 11.8. The normalized spacial score (nSPS) is 12.0. The number of ether oxygens (including phenoxy) is 2. The summed E-state index contributed by atoms with van der Waals surface area (Å²) in [6, 6.07) is 5.38. The number of aryl methyl sites for hydroxylation is 1. The molecule has 0 spiro atoms. The first-order valence-corrected chi connectivity index (χ1v) is 6.55. The van der Waals surface area contributed by atoms with Gasteiger partial charge in [0.1, 0.15) is 5.75 Å². The molecule has 18 heavy (non-hydrogen) atoms. The zero-order valence-electron chi connectivity index (χ0n) is 11.0. The molecular formula is C14H19ClO3. The summed E-state index contributed by atoms with van der Waals surface area (Å²) < 4.78 is 10.7. The molecule has 0 amide bonds. The molecule has 3 nitrogen and oxygen atoms in total. The SMILES string of the molecule is CCCC(Oc1cc(Cl)ccc1C)C(=O)OCC. The third kappa shape index (κ3) is 4.22. The first-order chi connectivity index (χ1) is 8.58. The van der Waals surface area contributed by atoms with Gasteiger partial charge in [0, 0.05) is 5.02 Å². The van der Waals surface area contributed by atoms with Crippen LogP contribution in [0.3, 0.4) is 0 Å². The van der Waals surface area contributed by atoms with Crippen molar-refractivity contribution < 1.29 is 14.3 Å². The molecular weight excluding hydrogens is 252 g/mol. The van der Waals surface area contributed by atoms with Crippen LogP contribution in [0.2, 0.25) is 5.02 Å². The van der Waals surface area contributed by atoms with E-state index in [0.717, 1.165) is 12.0 Å². The number of hydrogen-bond donors (Lipinski definition) is 0. The van der Waals surface area contributed by atoms with E-state index >= 15 is 0 Å². The van der Waals surface area contributed by atoms with E-state index in [1.807, 2.05) is 19.9 Å². The Hall–Kier alpha value is -1.22. The van der Waals surface area contributed by atoms with Crippen molar-refractivity contribution in [1.82, 2.24) is 0 Å². The summed E-state index contributed by atoms with van der Waals surface area (Å²) in [7, 11) is 0. The molecule has 0 aliphatic heterocycles. The van der Waals surface area contributed by atoms with E-state index in [0.29, 0.717) is 23.8 Å². The van der Waals surface area contributed by atoms with Gasteiger partial charge in [0.2, 0.25) is 0 Å². The maximum Gasteiger partial charge on any atom is 0.347 e. The van der Waals surface area contributed by atoms with Crippen LogP contribution in [0, 0.1) is 6.92 Å². The minimum absolute atomic E-state index is 0.321. The lowest BCUT2D eigenvalue weighted by Gasteiger charge is -2.18. The Bertz CT molecular complexity index is 404. The third-order valence-corrected chi connectivity index (χ3v) is 2.75. The van der Waals surface area contributed by atoms with Crippen molar-refractivity contribution in [2.75, 3.05) is 6.61 Å². The minimum Gasteiger partial charge on any atom is -0.478 e. The number of carbonyl (C=O) groups excluding carboxylic acids is 1. The van der Waals surface area contributed by atoms with E-state index in [1.165, 1.54) is 0 Å². The Morgan fingerprint density at radius 1 is 1.39 bits per heavy atom. The van der Waals surface area contributed by atoms with Gasteiger partial charge in [-0.1, -0.05) is 31.0 Å². The topological polar surface area (TPSA) is 35.5 Å². The van der Waals surface area contributed by atoms with Gasteiger partial charge in [0.25, 0.3) is 0 Å². The van der Waals surface area contributed by atoms with Crippen molar-refractivity contribution in [3.8, 4) is 5.75 Å². The largest absolute Gasteiger partial charge is 0.478 e. The van der Waals surface area contributed by atoms with Gasteiger partial charge in [-0.05, 0) is 38.0 Å². The summed E-state index contributed by atoms with van der Waals surface area (Å²) in [4.78, 5) is 11.8. The molecule has 0 bridgehead atoms. The lowest BCUT2D eigenvalue weighted by atomic mass is 10.2. The van der Waals surface area contributed by atoms with Crippen molar-refractivity contribution >= 4 is 17.6 Å². The highest BCUT2D eigenvalue weighted by Crippen LogP contribution is 2.24. The van der Waals surface area contributed by atoms with E-state index in [2.05, 4.69) is 0 Å². The highest BCUT2D eigenvalue weighted by molar-refractivity contribution is 6.30. The van der Waals surface area contributed by atoms with Crippen molar-refractivity contribution in [3.05, 3.63) is 28.8 Å². The Balaban J connectivity index is 2.82. The van der Waals surface area contributed by atoms with Gasteiger partial charge >= 0.3 is 5.97 Å². The van der Waals surface area contributed by atoms with Crippen molar-refractivity contribution in [3.63, 3.8) is 0 Å². The standard InChI is InChI=1S/C14H19ClO3/c1-4-6-12(14(16)17-5-2)18-13-9-11(15)8-7-10(13)3/h7-9,12H,4-6H2,1-3H3. The van der Waals surface area contributed by atoms with Crippen molar-refractivity contribution in [2.24, 2.45) is 0 Å². The van der Waals surface area contributed by atoms with Crippen LogP contribution in [0.1, 0.15) is 32.3 Å². The van der Waals surface area contributed by atoms with E-state index in [9.17, 15) is 4.79 Å². The molecule has 0 saturated carbocycles. The quantitative estimate of drug-likeness (QED) is 0.739. The maximum atomic E-state index is 11.8. The van der Waals surface area contributed by atoms with Crippen LogP contribution in [-0.2, 0) is 9.53 Å². The van der Waals surface area contributed by atoms with E-state index < -0.39 is 6.10 Å². The summed E-state index contributed by atoms with van der Waals surface area (Å²) in [6.45, 7) is 6.06. The fourth-order valence-corrected chi connectivity index (χ4v) is 1.74. The second-order valence-electron chi connectivity index (χ2n) is 4.06. The third-order valence-electron chi connectivity index (χ3n) is 2.52. The molecule has 1 rings (SSSR count). The molecule has 1 atom stereocenters. The van der Waals surface area contributed by atoms with Crippen LogP contribution >= 0.6 is 11.6 Å². The van der Waals surface area contributed by atoms with Crippen LogP contribution in [0.4, 0.5) is 0 Å². The van der Waals surface area contributed by atoms with Crippen LogP contribution in [0.25, 0.3) is 0 Å². The minimum atomic E-state index is -0.563. The first-order valence-electron chi connectivity index (χ1n) is 6.17. The van der Waals surface area contributed by atoms with Gasteiger partial charge in [-0.15, -0.1) is 0 Å². The molecule has 0 radical (unpaired) electrons. The van der Waals surface area contributed by atoms with E-state index in [1.54, 1.807) is 19.1 Å². The van der Waals surface area contributed by atoms with E-state index in [4.69, 9.17) is 21.1 Å². The molecule has 1 aromatic rings. The molecule has 0 saturated heterocycles. The highest BCUT2D eigenvalue weighted by Gasteiger charge is 2.21. The second kappa shape index (κ2) is 7.27. The first kappa shape index (κ1) is 14.8. The molecule has 0 aliphatic rings. The molecule has 0 heterocycles. The Labute approximate surface area is 113 Å². The maximum absolute atomic E-state index is 11.8. The Morgan fingerprint density at radius 3 is 2.72 bits per heavy atom.